The van der Waals surface area contributed by atoms with Gasteiger partial charge in [-0.3, -0.25) is 0 Å². The van der Waals surface area contributed by atoms with Crippen molar-refractivity contribution in [3.05, 3.63) is 87.7 Å². The first kappa shape index (κ1) is 24.8. The van der Waals surface area contributed by atoms with Gasteiger partial charge in [0, 0.05) is 5.56 Å². The number of alkyl halides is 3. The lowest BCUT2D eigenvalue weighted by Gasteiger charge is -2.20. The van der Waals surface area contributed by atoms with Crippen LogP contribution in [-0.4, -0.2) is 6.36 Å². The van der Waals surface area contributed by atoms with E-state index in [1.165, 1.54) is 12.1 Å². The Labute approximate surface area is 195 Å². The number of rotatable bonds is 5. The van der Waals surface area contributed by atoms with E-state index < -0.39 is 52.3 Å². The van der Waals surface area contributed by atoms with E-state index in [9.17, 15) is 30.7 Å². The van der Waals surface area contributed by atoms with Gasteiger partial charge < -0.3 is 4.74 Å². The van der Waals surface area contributed by atoms with E-state index in [-0.39, 0.29) is 24.0 Å². The van der Waals surface area contributed by atoms with Crippen molar-refractivity contribution in [1.29, 1.82) is 0 Å². The van der Waals surface area contributed by atoms with Crippen LogP contribution >= 0.6 is 0 Å². The maximum absolute atomic E-state index is 15.3. The second-order valence-corrected chi connectivity index (χ2v) is 8.17. The molecule has 35 heavy (non-hydrogen) atoms. The van der Waals surface area contributed by atoms with Gasteiger partial charge in [0.2, 0.25) is 5.75 Å². The van der Waals surface area contributed by atoms with Gasteiger partial charge in [0.1, 0.15) is 17.5 Å². The molecule has 0 radical (unpaired) electrons. The van der Waals surface area contributed by atoms with Gasteiger partial charge in [0.15, 0.2) is 11.6 Å². The van der Waals surface area contributed by atoms with Gasteiger partial charge in [-0.1, -0.05) is 31.6 Å². The lowest BCUT2D eigenvalue weighted by molar-refractivity contribution is -0.276. The molecule has 0 aromatic heterocycles. The Kier molecular flexibility index (Phi) is 6.62. The molecule has 0 spiro atoms. The van der Waals surface area contributed by atoms with Gasteiger partial charge in [0.25, 0.3) is 0 Å². The fraction of sp³-hybridized carbons (Fsp3) is 0.231. The first-order valence-electron chi connectivity index (χ1n) is 10.7. The predicted molar refractivity (Wildman–Crippen MR) is 115 cm³/mol. The standard InChI is InChI=1S/C26H18F8O/c1-2-3-13-4-6-17(19(27)8-13)14-5-7-18-15(9-14)10-20(28)23(24(18)31)16-11-21(29)25(22(30)12-16)35-26(32,33)34/h4,6,8-12H,2-3,5,7H2,1H3. The third-order valence-electron chi connectivity index (χ3n) is 5.75. The maximum Gasteiger partial charge on any atom is 0.573 e. The topological polar surface area (TPSA) is 9.23 Å². The Morgan fingerprint density at radius 2 is 1.51 bits per heavy atom. The molecule has 9 heteroatoms. The van der Waals surface area contributed by atoms with Crippen LogP contribution in [0.3, 0.4) is 0 Å². The molecule has 0 fully saturated rings. The van der Waals surface area contributed by atoms with E-state index in [1.807, 2.05) is 6.92 Å². The average Bonchev–Trinajstić information content (AvgIpc) is 2.76. The first-order valence-corrected chi connectivity index (χ1v) is 10.7. The Morgan fingerprint density at radius 3 is 2.11 bits per heavy atom. The number of fused-ring (bicyclic) bond motifs is 1. The van der Waals surface area contributed by atoms with Crippen molar-refractivity contribution >= 4 is 11.6 Å². The summed E-state index contributed by atoms with van der Waals surface area (Å²) in [6.45, 7) is 1.97. The van der Waals surface area contributed by atoms with Crippen molar-refractivity contribution in [3.8, 4) is 16.9 Å². The van der Waals surface area contributed by atoms with Gasteiger partial charge in [-0.15, -0.1) is 13.2 Å². The molecule has 0 N–H and O–H groups in total. The number of hydrogen-bond acceptors (Lipinski definition) is 1. The monoisotopic (exact) mass is 498 g/mol. The van der Waals surface area contributed by atoms with Gasteiger partial charge in [-0.2, -0.15) is 0 Å². The second-order valence-electron chi connectivity index (χ2n) is 8.17. The van der Waals surface area contributed by atoms with Crippen molar-refractivity contribution < 1.29 is 39.9 Å². The van der Waals surface area contributed by atoms with Crippen LogP contribution in [0.2, 0.25) is 0 Å². The Balaban J connectivity index is 1.74. The van der Waals surface area contributed by atoms with E-state index >= 15 is 4.39 Å². The number of hydrogen-bond donors (Lipinski definition) is 0. The van der Waals surface area contributed by atoms with Crippen molar-refractivity contribution in [2.75, 3.05) is 0 Å². The van der Waals surface area contributed by atoms with E-state index in [0.717, 1.165) is 18.1 Å². The fourth-order valence-electron chi connectivity index (χ4n) is 4.24. The Hall–Kier alpha value is -3.36. The largest absolute Gasteiger partial charge is 0.573 e. The van der Waals surface area contributed by atoms with Crippen LogP contribution in [-0.2, 0) is 12.8 Å². The maximum atomic E-state index is 15.3. The zero-order chi connectivity index (χ0) is 25.5. The van der Waals surface area contributed by atoms with Crippen molar-refractivity contribution in [2.45, 2.75) is 39.0 Å². The molecule has 0 amide bonds. The molecule has 1 aliphatic carbocycles. The van der Waals surface area contributed by atoms with Crippen LogP contribution in [0.1, 0.15) is 42.0 Å². The molecule has 1 nitrogen and oxygen atoms in total. The van der Waals surface area contributed by atoms with E-state index in [4.69, 9.17) is 0 Å². The fourth-order valence-corrected chi connectivity index (χ4v) is 4.24. The summed E-state index contributed by atoms with van der Waals surface area (Å²) in [6.07, 6.45) is -2.07. The highest BCUT2D eigenvalue weighted by atomic mass is 19.4. The zero-order valence-electron chi connectivity index (χ0n) is 18.3. The highest BCUT2D eigenvalue weighted by Crippen LogP contribution is 2.39. The summed E-state index contributed by atoms with van der Waals surface area (Å²) in [5.74, 6) is -7.98. The predicted octanol–water partition coefficient (Wildman–Crippen LogP) is 8.39. The van der Waals surface area contributed by atoms with Crippen LogP contribution in [0, 0.1) is 29.1 Å². The van der Waals surface area contributed by atoms with Gasteiger partial charge in [0.05, 0.1) is 5.56 Å². The molecule has 4 rings (SSSR count). The third kappa shape index (κ3) is 5.04. The number of allylic oxidation sites excluding steroid dienone is 1. The van der Waals surface area contributed by atoms with Crippen LogP contribution in [0.15, 0.2) is 36.4 Å². The summed E-state index contributed by atoms with van der Waals surface area (Å²) < 4.78 is 114. The van der Waals surface area contributed by atoms with Crippen molar-refractivity contribution in [2.24, 2.45) is 0 Å². The smallest absolute Gasteiger partial charge is 0.399 e. The molecule has 3 aromatic rings. The van der Waals surface area contributed by atoms with Crippen LogP contribution in [0.25, 0.3) is 22.8 Å². The molecule has 0 bridgehead atoms. The molecule has 184 valence electrons. The molecule has 0 atom stereocenters. The average molecular weight is 498 g/mol. The lowest BCUT2D eigenvalue weighted by Crippen LogP contribution is -2.19. The minimum Gasteiger partial charge on any atom is -0.399 e. The second kappa shape index (κ2) is 9.36. The minimum atomic E-state index is -5.36. The molecule has 0 saturated heterocycles. The number of ether oxygens (including phenoxy) is 1. The molecular formula is C26H18F8O. The quantitative estimate of drug-likeness (QED) is 0.321. The number of aryl methyl sites for hydroxylation is 1. The summed E-state index contributed by atoms with van der Waals surface area (Å²) >= 11 is 0. The Morgan fingerprint density at radius 1 is 0.829 bits per heavy atom. The molecule has 0 aliphatic heterocycles. The molecule has 0 heterocycles. The zero-order valence-corrected chi connectivity index (χ0v) is 18.3. The molecule has 0 saturated carbocycles. The molecule has 0 unspecified atom stereocenters. The van der Waals surface area contributed by atoms with Crippen molar-refractivity contribution in [1.82, 2.24) is 0 Å². The van der Waals surface area contributed by atoms with E-state index in [0.29, 0.717) is 29.7 Å². The van der Waals surface area contributed by atoms with Crippen LogP contribution in [0.4, 0.5) is 35.1 Å². The number of halogens is 8. The van der Waals surface area contributed by atoms with Gasteiger partial charge >= 0.3 is 6.36 Å². The molecule has 3 aromatic carbocycles. The van der Waals surface area contributed by atoms with Gasteiger partial charge in [-0.05, 0) is 71.4 Å². The SMILES string of the molecule is CCCc1ccc(C2=Cc3cc(F)c(-c4cc(F)c(OC(F)(F)F)c(F)c4)c(F)c3CC2)c(F)c1. The van der Waals surface area contributed by atoms with E-state index in [1.54, 1.807) is 12.1 Å². The summed E-state index contributed by atoms with van der Waals surface area (Å²) in [5, 5.41) is 0. The van der Waals surface area contributed by atoms with Crippen LogP contribution < -0.4 is 4.74 Å². The summed E-state index contributed by atoms with van der Waals surface area (Å²) in [5.41, 5.74) is 0.454. The first-order chi connectivity index (χ1) is 16.5. The normalized spacial score (nSPS) is 13.5. The highest BCUT2D eigenvalue weighted by Gasteiger charge is 2.34. The third-order valence-corrected chi connectivity index (χ3v) is 5.75. The summed E-state index contributed by atoms with van der Waals surface area (Å²) in [6, 6.07) is 6.53. The highest BCUT2D eigenvalue weighted by molar-refractivity contribution is 5.86. The number of benzene rings is 3. The Bertz CT molecular complexity index is 1300. The molecule has 1 aliphatic rings. The van der Waals surface area contributed by atoms with E-state index in [2.05, 4.69) is 4.74 Å². The lowest BCUT2D eigenvalue weighted by atomic mass is 9.85. The van der Waals surface area contributed by atoms with Crippen molar-refractivity contribution in [3.63, 3.8) is 0 Å². The summed E-state index contributed by atoms with van der Waals surface area (Å²) in [4.78, 5) is 0. The van der Waals surface area contributed by atoms with Crippen LogP contribution in [0.5, 0.6) is 5.75 Å². The minimum absolute atomic E-state index is 0.0459. The molecular weight excluding hydrogens is 480 g/mol. The van der Waals surface area contributed by atoms with Gasteiger partial charge in [-0.25, -0.2) is 22.0 Å². The summed E-state index contributed by atoms with van der Waals surface area (Å²) in [7, 11) is 0.